The van der Waals surface area contributed by atoms with Crippen LogP contribution in [0, 0.1) is 0 Å². The standard InChI is InChI=1S/C18H20N4O3S/c1-3-17-20-21-18(25-17)13-19-14-8-7-11-16(12-14)26(23,24)22(2)15-9-5-4-6-10-15/h4-12,19H,3,13H2,1-2H3. The van der Waals surface area contributed by atoms with Crippen LogP contribution in [0.15, 0.2) is 63.9 Å². The average Bonchev–Trinajstić information content (AvgIpc) is 3.15. The lowest BCUT2D eigenvalue weighted by molar-refractivity contribution is 0.460. The van der Waals surface area contributed by atoms with Crippen molar-refractivity contribution in [2.75, 3.05) is 16.7 Å². The summed E-state index contributed by atoms with van der Waals surface area (Å²) in [5.74, 6) is 1.03. The minimum absolute atomic E-state index is 0.202. The van der Waals surface area contributed by atoms with Crippen molar-refractivity contribution in [3.8, 4) is 0 Å². The maximum atomic E-state index is 12.9. The van der Waals surface area contributed by atoms with Crippen molar-refractivity contribution in [2.24, 2.45) is 0 Å². The van der Waals surface area contributed by atoms with Crippen LogP contribution < -0.4 is 9.62 Å². The third kappa shape index (κ3) is 3.85. The second-order valence-electron chi connectivity index (χ2n) is 5.63. The highest BCUT2D eigenvalue weighted by atomic mass is 32.2. The van der Waals surface area contributed by atoms with Crippen LogP contribution in [0.2, 0.25) is 0 Å². The van der Waals surface area contributed by atoms with E-state index in [4.69, 9.17) is 4.42 Å². The molecular weight excluding hydrogens is 352 g/mol. The number of anilines is 2. The molecule has 26 heavy (non-hydrogen) atoms. The minimum Gasteiger partial charge on any atom is -0.423 e. The molecule has 3 rings (SSSR count). The van der Waals surface area contributed by atoms with E-state index in [9.17, 15) is 8.42 Å². The monoisotopic (exact) mass is 372 g/mol. The van der Waals surface area contributed by atoms with Gasteiger partial charge < -0.3 is 9.73 Å². The van der Waals surface area contributed by atoms with Gasteiger partial charge in [0.15, 0.2) is 0 Å². The highest BCUT2D eigenvalue weighted by Crippen LogP contribution is 2.23. The van der Waals surface area contributed by atoms with Gasteiger partial charge in [-0.25, -0.2) is 8.42 Å². The Morgan fingerprint density at radius 1 is 1.04 bits per heavy atom. The fourth-order valence-corrected chi connectivity index (χ4v) is 3.62. The number of hydrogen-bond acceptors (Lipinski definition) is 6. The first kappa shape index (κ1) is 17.9. The summed E-state index contributed by atoms with van der Waals surface area (Å²) < 4.78 is 32.4. The number of hydrogen-bond donors (Lipinski definition) is 1. The molecule has 0 spiro atoms. The Balaban J connectivity index is 1.77. The second kappa shape index (κ2) is 7.57. The molecule has 1 heterocycles. The summed E-state index contributed by atoms with van der Waals surface area (Å²) in [6.07, 6.45) is 0.673. The first-order valence-electron chi connectivity index (χ1n) is 8.20. The van der Waals surface area contributed by atoms with Crippen LogP contribution in [0.5, 0.6) is 0 Å². The number of sulfonamides is 1. The van der Waals surface area contributed by atoms with Gasteiger partial charge in [0, 0.05) is 19.2 Å². The van der Waals surface area contributed by atoms with Crippen LogP contribution in [0.3, 0.4) is 0 Å². The Labute approximate surface area is 152 Å². The second-order valence-corrected chi connectivity index (χ2v) is 7.60. The topological polar surface area (TPSA) is 88.3 Å². The van der Waals surface area contributed by atoms with Gasteiger partial charge in [-0.15, -0.1) is 10.2 Å². The zero-order valence-electron chi connectivity index (χ0n) is 14.6. The first-order chi connectivity index (χ1) is 12.5. The number of benzene rings is 2. The van der Waals surface area contributed by atoms with Gasteiger partial charge in [-0.3, -0.25) is 4.31 Å². The lowest BCUT2D eigenvalue weighted by Gasteiger charge is -2.19. The van der Waals surface area contributed by atoms with E-state index in [0.717, 1.165) is 0 Å². The predicted molar refractivity (Wildman–Crippen MR) is 99.5 cm³/mol. The molecule has 2 aromatic carbocycles. The third-order valence-corrected chi connectivity index (χ3v) is 5.65. The molecule has 136 valence electrons. The Morgan fingerprint density at radius 2 is 1.77 bits per heavy atom. The van der Waals surface area contributed by atoms with E-state index in [1.165, 1.54) is 11.4 Å². The maximum absolute atomic E-state index is 12.9. The quantitative estimate of drug-likeness (QED) is 0.686. The SMILES string of the molecule is CCc1nnc(CNc2cccc(S(=O)(=O)N(C)c3ccccc3)c2)o1. The lowest BCUT2D eigenvalue weighted by atomic mass is 10.3. The van der Waals surface area contributed by atoms with Crippen LogP contribution >= 0.6 is 0 Å². The van der Waals surface area contributed by atoms with E-state index in [-0.39, 0.29) is 4.90 Å². The Kier molecular flexibility index (Phi) is 5.22. The van der Waals surface area contributed by atoms with Crippen LogP contribution in [-0.2, 0) is 23.0 Å². The molecule has 0 amide bonds. The number of nitrogens with zero attached hydrogens (tertiary/aromatic N) is 3. The highest BCUT2D eigenvalue weighted by Gasteiger charge is 2.21. The van der Waals surface area contributed by atoms with Crippen molar-refractivity contribution < 1.29 is 12.8 Å². The molecule has 0 radical (unpaired) electrons. The smallest absolute Gasteiger partial charge is 0.264 e. The van der Waals surface area contributed by atoms with Crippen LogP contribution in [0.25, 0.3) is 0 Å². The van der Waals surface area contributed by atoms with E-state index < -0.39 is 10.0 Å². The van der Waals surface area contributed by atoms with Gasteiger partial charge in [0.25, 0.3) is 10.0 Å². The molecule has 1 N–H and O–H groups in total. The van der Waals surface area contributed by atoms with Crippen LogP contribution in [0.1, 0.15) is 18.7 Å². The summed E-state index contributed by atoms with van der Waals surface area (Å²) in [5.41, 5.74) is 1.26. The van der Waals surface area contributed by atoms with Gasteiger partial charge in [0.05, 0.1) is 17.1 Å². The van der Waals surface area contributed by atoms with E-state index in [2.05, 4.69) is 15.5 Å². The number of nitrogens with one attached hydrogen (secondary N) is 1. The van der Waals surface area contributed by atoms with Crippen LogP contribution in [-0.4, -0.2) is 25.7 Å². The summed E-state index contributed by atoms with van der Waals surface area (Å²) >= 11 is 0. The largest absolute Gasteiger partial charge is 0.423 e. The Morgan fingerprint density at radius 3 is 2.46 bits per heavy atom. The molecule has 3 aromatic rings. The fraction of sp³-hybridized carbons (Fsp3) is 0.222. The summed E-state index contributed by atoms with van der Waals surface area (Å²) in [4.78, 5) is 0.202. The molecule has 0 aliphatic rings. The zero-order valence-corrected chi connectivity index (χ0v) is 15.4. The Bertz CT molecular complexity index is 971. The number of para-hydroxylation sites is 1. The molecule has 0 saturated heterocycles. The molecule has 0 aliphatic carbocycles. The summed E-state index contributed by atoms with van der Waals surface area (Å²) in [6, 6.07) is 15.6. The van der Waals surface area contributed by atoms with Crippen molar-refractivity contribution in [1.82, 2.24) is 10.2 Å². The predicted octanol–water partition coefficient (Wildman–Crippen LogP) is 3.07. The lowest BCUT2D eigenvalue weighted by Crippen LogP contribution is -2.26. The van der Waals surface area contributed by atoms with Gasteiger partial charge >= 0.3 is 0 Å². The molecule has 7 nitrogen and oxygen atoms in total. The number of aromatic nitrogens is 2. The van der Waals surface area contributed by atoms with Gasteiger partial charge in [-0.2, -0.15) is 0 Å². The van der Waals surface area contributed by atoms with E-state index in [1.54, 1.807) is 48.5 Å². The van der Waals surface area contributed by atoms with Gasteiger partial charge in [-0.05, 0) is 30.3 Å². The average molecular weight is 372 g/mol. The van der Waals surface area contributed by atoms with Gasteiger partial charge in [0.2, 0.25) is 11.8 Å². The summed E-state index contributed by atoms with van der Waals surface area (Å²) in [6.45, 7) is 2.26. The molecule has 8 heteroatoms. The molecule has 0 aliphatic heterocycles. The maximum Gasteiger partial charge on any atom is 0.264 e. The van der Waals surface area contributed by atoms with Crippen LogP contribution in [0.4, 0.5) is 11.4 Å². The molecule has 0 fully saturated rings. The molecule has 1 aromatic heterocycles. The Hall–Kier alpha value is -2.87. The zero-order chi connectivity index (χ0) is 18.6. The van der Waals surface area contributed by atoms with E-state index in [1.807, 2.05) is 13.0 Å². The third-order valence-electron chi connectivity index (χ3n) is 3.87. The van der Waals surface area contributed by atoms with Gasteiger partial charge in [0.1, 0.15) is 0 Å². The highest BCUT2D eigenvalue weighted by molar-refractivity contribution is 7.92. The van der Waals surface area contributed by atoms with E-state index in [0.29, 0.717) is 36.1 Å². The first-order valence-corrected chi connectivity index (χ1v) is 9.64. The molecule has 0 atom stereocenters. The van der Waals surface area contributed by atoms with Crippen molar-refractivity contribution in [1.29, 1.82) is 0 Å². The van der Waals surface area contributed by atoms with Gasteiger partial charge in [-0.1, -0.05) is 31.2 Å². The number of aryl methyl sites for hydroxylation is 1. The van der Waals surface area contributed by atoms with Crippen molar-refractivity contribution in [3.05, 3.63) is 66.4 Å². The fourth-order valence-electron chi connectivity index (χ4n) is 2.38. The molecular formula is C18H20N4O3S. The molecule has 0 unspecified atom stereocenters. The van der Waals surface area contributed by atoms with E-state index >= 15 is 0 Å². The van der Waals surface area contributed by atoms with Crippen molar-refractivity contribution >= 4 is 21.4 Å². The minimum atomic E-state index is -3.66. The normalized spacial score (nSPS) is 11.3. The number of rotatable bonds is 7. The molecule has 0 saturated carbocycles. The van der Waals surface area contributed by atoms with Crippen molar-refractivity contribution in [3.63, 3.8) is 0 Å². The summed E-state index contributed by atoms with van der Waals surface area (Å²) in [5, 5.41) is 10.9. The van der Waals surface area contributed by atoms with Crippen molar-refractivity contribution in [2.45, 2.75) is 24.8 Å². The summed E-state index contributed by atoms with van der Waals surface area (Å²) in [7, 11) is -2.12. The molecule has 0 bridgehead atoms.